The second kappa shape index (κ2) is 6.09. The van der Waals surface area contributed by atoms with E-state index in [1.807, 2.05) is 0 Å². The number of carbonyl (C=O) groups excluding carboxylic acids is 1. The first kappa shape index (κ1) is 10.3. The van der Waals surface area contributed by atoms with E-state index in [1.165, 1.54) is 14.2 Å². The Morgan fingerprint density at radius 3 is 2.64 bits per heavy atom. The van der Waals surface area contributed by atoms with Crippen LogP contribution in [0.4, 0.5) is 0 Å². The lowest BCUT2D eigenvalue weighted by Crippen LogP contribution is -2.63. The predicted molar refractivity (Wildman–Crippen MR) is 36.3 cm³/mol. The molecule has 0 aliphatic carbocycles. The Hall–Kier alpha value is -0.650. The number of methoxy groups -OCH3 is 1. The number of esters is 1. The van der Waals surface area contributed by atoms with E-state index in [4.69, 9.17) is 0 Å². The standard InChI is InChI=1S/C6H13NO4/c1-9-6(8)3-5(7)4-11-10-2/h5H,3-4,7H2,1-2H3/p+1/t5-/m0/s1. The summed E-state index contributed by atoms with van der Waals surface area (Å²) in [5.41, 5.74) is 3.66. The molecule has 0 bridgehead atoms. The number of hydrogen-bond donors (Lipinski definition) is 1. The fraction of sp³-hybridized carbons (Fsp3) is 0.833. The smallest absolute Gasteiger partial charge is 0.311 e. The van der Waals surface area contributed by atoms with Gasteiger partial charge in [0.1, 0.15) is 12.6 Å². The van der Waals surface area contributed by atoms with E-state index in [9.17, 15) is 4.79 Å². The summed E-state index contributed by atoms with van der Waals surface area (Å²) < 4.78 is 4.43. The van der Waals surface area contributed by atoms with Gasteiger partial charge in [-0.1, -0.05) is 0 Å². The zero-order chi connectivity index (χ0) is 8.69. The highest BCUT2D eigenvalue weighted by Gasteiger charge is 2.12. The topological polar surface area (TPSA) is 72.4 Å². The minimum Gasteiger partial charge on any atom is -0.469 e. The van der Waals surface area contributed by atoms with Crippen molar-refractivity contribution in [1.82, 2.24) is 0 Å². The third kappa shape index (κ3) is 5.78. The van der Waals surface area contributed by atoms with Crippen molar-refractivity contribution in [2.75, 3.05) is 20.8 Å². The molecule has 0 aliphatic rings. The second-order valence-electron chi connectivity index (χ2n) is 2.10. The molecule has 0 fully saturated rings. The SMILES string of the molecule is COOC[C@@H]([NH3+])CC(=O)OC. The average molecular weight is 164 g/mol. The Bertz CT molecular complexity index is 117. The lowest BCUT2D eigenvalue weighted by molar-refractivity contribution is -0.445. The molecule has 0 amide bonds. The number of rotatable bonds is 5. The normalized spacial score (nSPS) is 12.6. The molecule has 0 heterocycles. The number of carbonyl (C=O) groups is 1. The van der Waals surface area contributed by atoms with Crippen LogP contribution in [0.15, 0.2) is 0 Å². The van der Waals surface area contributed by atoms with Crippen LogP contribution in [0, 0.1) is 0 Å². The van der Waals surface area contributed by atoms with Crippen molar-refractivity contribution in [3.63, 3.8) is 0 Å². The van der Waals surface area contributed by atoms with E-state index in [-0.39, 0.29) is 18.4 Å². The highest BCUT2D eigenvalue weighted by atomic mass is 17.2. The molecule has 0 aliphatic heterocycles. The predicted octanol–water partition coefficient (Wildman–Crippen LogP) is -1.26. The molecule has 0 aromatic rings. The van der Waals surface area contributed by atoms with Crippen LogP contribution in [0.5, 0.6) is 0 Å². The van der Waals surface area contributed by atoms with Gasteiger partial charge >= 0.3 is 5.97 Å². The maximum absolute atomic E-state index is 10.6. The van der Waals surface area contributed by atoms with Crippen LogP contribution in [-0.4, -0.2) is 32.8 Å². The van der Waals surface area contributed by atoms with Crippen LogP contribution in [0.2, 0.25) is 0 Å². The lowest BCUT2D eigenvalue weighted by atomic mass is 10.2. The third-order valence-electron chi connectivity index (χ3n) is 1.10. The van der Waals surface area contributed by atoms with E-state index < -0.39 is 0 Å². The maximum Gasteiger partial charge on any atom is 0.311 e. The summed E-state index contributed by atoms with van der Waals surface area (Å²) in [5, 5.41) is 0. The molecule has 5 heteroatoms. The molecule has 3 N–H and O–H groups in total. The van der Waals surface area contributed by atoms with Gasteiger partial charge in [0.2, 0.25) is 0 Å². The van der Waals surface area contributed by atoms with Gasteiger partial charge in [-0.2, -0.15) is 0 Å². The molecule has 0 rings (SSSR count). The van der Waals surface area contributed by atoms with Gasteiger partial charge in [-0.25, -0.2) is 9.78 Å². The van der Waals surface area contributed by atoms with Crippen molar-refractivity contribution in [3.05, 3.63) is 0 Å². The molecule has 0 saturated carbocycles. The fourth-order valence-corrected chi connectivity index (χ4v) is 0.542. The van der Waals surface area contributed by atoms with Crippen LogP contribution in [0.3, 0.4) is 0 Å². The van der Waals surface area contributed by atoms with E-state index >= 15 is 0 Å². The molecule has 1 atom stereocenters. The summed E-state index contributed by atoms with van der Waals surface area (Å²) in [5.74, 6) is -0.287. The molecule has 0 spiro atoms. The Morgan fingerprint density at radius 1 is 1.55 bits per heavy atom. The van der Waals surface area contributed by atoms with E-state index in [0.717, 1.165) is 0 Å². The van der Waals surface area contributed by atoms with Gasteiger partial charge in [0.05, 0.1) is 20.6 Å². The van der Waals surface area contributed by atoms with Crippen molar-refractivity contribution in [2.24, 2.45) is 0 Å². The summed E-state index contributed by atoms with van der Waals surface area (Å²) in [6.07, 6.45) is 0.250. The second-order valence-corrected chi connectivity index (χ2v) is 2.10. The van der Waals surface area contributed by atoms with Gasteiger partial charge in [0.25, 0.3) is 0 Å². The zero-order valence-corrected chi connectivity index (χ0v) is 6.83. The van der Waals surface area contributed by atoms with Crippen molar-refractivity contribution in [1.29, 1.82) is 0 Å². The molecular formula is C6H14NO4+. The lowest BCUT2D eigenvalue weighted by Gasteiger charge is -2.04. The third-order valence-corrected chi connectivity index (χ3v) is 1.10. The molecule has 5 nitrogen and oxygen atoms in total. The summed E-state index contributed by atoms with van der Waals surface area (Å²) in [6.45, 7) is 0.297. The average Bonchev–Trinajstić information content (AvgIpc) is 2.00. The number of quaternary nitrogens is 1. The van der Waals surface area contributed by atoms with E-state index in [1.54, 1.807) is 0 Å². The molecule has 0 unspecified atom stereocenters. The first-order chi connectivity index (χ1) is 5.20. The molecule has 0 aromatic carbocycles. The van der Waals surface area contributed by atoms with Crippen molar-refractivity contribution in [2.45, 2.75) is 12.5 Å². The van der Waals surface area contributed by atoms with Gasteiger partial charge in [-0.15, -0.1) is 0 Å². The molecule has 0 aromatic heterocycles. The van der Waals surface area contributed by atoms with E-state index in [0.29, 0.717) is 6.61 Å². The van der Waals surface area contributed by atoms with Gasteiger partial charge in [-0.05, 0) is 0 Å². The first-order valence-corrected chi connectivity index (χ1v) is 3.26. The Labute approximate surface area is 65.3 Å². The highest BCUT2D eigenvalue weighted by Crippen LogP contribution is 1.89. The van der Waals surface area contributed by atoms with E-state index in [2.05, 4.69) is 20.2 Å². The minimum absolute atomic E-state index is 0.123. The van der Waals surface area contributed by atoms with Gasteiger partial charge in [0, 0.05) is 0 Å². The first-order valence-electron chi connectivity index (χ1n) is 3.26. The minimum atomic E-state index is -0.287. The molecule has 66 valence electrons. The van der Waals surface area contributed by atoms with Crippen molar-refractivity contribution >= 4 is 5.97 Å². The summed E-state index contributed by atoms with van der Waals surface area (Å²) in [4.78, 5) is 19.5. The molecule has 11 heavy (non-hydrogen) atoms. The monoisotopic (exact) mass is 164 g/mol. The highest BCUT2D eigenvalue weighted by molar-refractivity contribution is 5.69. The van der Waals surface area contributed by atoms with Gasteiger partial charge < -0.3 is 10.5 Å². The Balaban J connectivity index is 3.35. The van der Waals surface area contributed by atoms with Crippen LogP contribution in [0.25, 0.3) is 0 Å². The van der Waals surface area contributed by atoms with Crippen molar-refractivity contribution < 1.29 is 25.0 Å². The summed E-state index contributed by atoms with van der Waals surface area (Å²) in [7, 11) is 2.75. The summed E-state index contributed by atoms with van der Waals surface area (Å²) >= 11 is 0. The maximum atomic E-state index is 10.6. The quantitative estimate of drug-likeness (QED) is 0.312. The van der Waals surface area contributed by atoms with Gasteiger partial charge in [-0.3, -0.25) is 4.79 Å². The van der Waals surface area contributed by atoms with Crippen molar-refractivity contribution in [3.8, 4) is 0 Å². The van der Waals surface area contributed by atoms with Crippen LogP contribution >= 0.6 is 0 Å². The number of hydrogen-bond acceptors (Lipinski definition) is 4. The van der Waals surface area contributed by atoms with Crippen LogP contribution < -0.4 is 5.73 Å². The largest absolute Gasteiger partial charge is 0.469 e. The van der Waals surface area contributed by atoms with Gasteiger partial charge in [0.15, 0.2) is 0 Å². The zero-order valence-electron chi connectivity index (χ0n) is 6.83. The summed E-state index contributed by atoms with van der Waals surface area (Å²) in [6, 6.07) is -0.123. The van der Waals surface area contributed by atoms with Crippen LogP contribution in [-0.2, 0) is 19.3 Å². The fourth-order valence-electron chi connectivity index (χ4n) is 0.542. The number of ether oxygens (including phenoxy) is 1. The Kier molecular flexibility index (Phi) is 5.73. The van der Waals surface area contributed by atoms with Crippen LogP contribution in [0.1, 0.15) is 6.42 Å². The molecular weight excluding hydrogens is 150 g/mol. The molecule has 0 saturated heterocycles. The Morgan fingerprint density at radius 2 is 2.18 bits per heavy atom. The molecule has 0 radical (unpaired) electrons.